The summed E-state index contributed by atoms with van der Waals surface area (Å²) in [6, 6.07) is 8.62. The molecule has 2 aliphatic rings. The maximum absolute atomic E-state index is 12.4. The van der Waals surface area contributed by atoms with Crippen molar-refractivity contribution >= 4 is 11.8 Å². The van der Waals surface area contributed by atoms with Crippen molar-refractivity contribution in [2.75, 3.05) is 40.3 Å². The molecule has 1 aromatic rings. The fraction of sp³-hybridized carbons (Fsp3) is 0.619. The number of likely N-dealkylation sites (tertiary alicyclic amines) is 1. The van der Waals surface area contributed by atoms with Crippen molar-refractivity contribution in [2.24, 2.45) is 0 Å². The normalized spacial score (nSPS) is 21.1. The van der Waals surface area contributed by atoms with Crippen LogP contribution in [-0.2, 0) is 15.0 Å². The number of carbonyl (C=O) groups excluding carboxylic acids is 2. The van der Waals surface area contributed by atoms with Gasteiger partial charge in [-0.05, 0) is 55.8 Å². The lowest BCUT2D eigenvalue weighted by Gasteiger charge is -2.40. The number of fused-ring (bicyclic) bond motifs is 2. The molecule has 0 bridgehead atoms. The molecule has 1 atom stereocenters. The molecule has 1 unspecified atom stereocenters. The number of rotatable bonds is 5. The van der Waals surface area contributed by atoms with E-state index in [9.17, 15) is 9.59 Å². The van der Waals surface area contributed by atoms with E-state index in [4.69, 9.17) is 0 Å². The molecule has 5 heteroatoms. The predicted molar refractivity (Wildman–Crippen MR) is 103 cm³/mol. The highest BCUT2D eigenvalue weighted by molar-refractivity contribution is 5.77. The first-order valence-electron chi connectivity index (χ1n) is 9.68. The number of likely N-dealkylation sites (N-methyl/N-ethyl adjacent to an activating group) is 1. The van der Waals surface area contributed by atoms with Crippen LogP contribution in [0.25, 0.3) is 0 Å². The Labute approximate surface area is 156 Å². The van der Waals surface area contributed by atoms with E-state index in [2.05, 4.69) is 34.5 Å². The molecule has 1 fully saturated rings. The van der Waals surface area contributed by atoms with E-state index in [0.29, 0.717) is 13.0 Å². The number of carbonyl (C=O) groups is 2. The number of hydrogen-bond donors (Lipinski definition) is 1. The van der Waals surface area contributed by atoms with Gasteiger partial charge in [0, 0.05) is 39.5 Å². The minimum atomic E-state index is 0.136. The van der Waals surface area contributed by atoms with Gasteiger partial charge in [-0.2, -0.15) is 0 Å². The summed E-state index contributed by atoms with van der Waals surface area (Å²) >= 11 is 0. The minimum absolute atomic E-state index is 0.136. The molecule has 1 N–H and O–H groups in total. The van der Waals surface area contributed by atoms with E-state index in [1.807, 2.05) is 19.0 Å². The molecule has 0 saturated carbocycles. The van der Waals surface area contributed by atoms with Gasteiger partial charge in [0.2, 0.25) is 11.8 Å². The van der Waals surface area contributed by atoms with Crippen LogP contribution in [0, 0.1) is 0 Å². The van der Waals surface area contributed by atoms with E-state index in [0.717, 1.165) is 38.9 Å². The van der Waals surface area contributed by atoms with Crippen molar-refractivity contribution < 1.29 is 9.59 Å². The maximum Gasteiger partial charge on any atom is 0.220 e. The summed E-state index contributed by atoms with van der Waals surface area (Å²) in [6.07, 6.45) is 3.59. The smallest absolute Gasteiger partial charge is 0.220 e. The second-order valence-electron chi connectivity index (χ2n) is 8.13. The molecule has 1 spiro atoms. The summed E-state index contributed by atoms with van der Waals surface area (Å²) in [7, 11) is 4.02. The van der Waals surface area contributed by atoms with Gasteiger partial charge in [0.05, 0.1) is 0 Å². The fourth-order valence-electron chi connectivity index (χ4n) is 4.65. The average molecular weight is 357 g/mol. The second-order valence-corrected chi connectivity index (χ2v) is 8.13. The van der Waals surface area contributed by atoms with E-state index >= 15 is 0 Å². The number of nitrogens with zero attached hydrogens (tertiary/aromatic N) is 2. The van der Waals surface area contributed by atoms with Gasteiger partial charge in [0.25, 0.3) is 0 Å². The highest BCUT2D eigenvalue weighted by Gasteiger charge is 2.45. The number of amides is 2. The maximum atomic E-state index is 12.4. The monoisotopic (exact) mass is 357 g/mol. The molecule has 1 aromatic carbocycles. The lowest BCUT2D eigenvalue weighted by molar-refractivity contribution is -0.130. The molecule has 3 rings (SSSR count). The van der Waals surface area contributed by atoms with E-state index < -0.39 is 0 Å². The zero-order valence-corrected chi connectivity index (χ0v) is 16.3. The van der Waals surface area contributed by atoms with Crippen LogP contribution in [0.15, 0.2) is 24.3 Å². The third kappa shape index (κ3) is 3.93. The molecule has 2 amide bonds. The van der Waals surface area contributed by atoms with Crippen molar-refractivity contribution in [3.8, 4) is 0 Å². The van der Waals surface area contributed by atoms with Gasteiger partial charge in [-0.25, -0.2) is 0 Å². The summed E-state index contributed by atoms with van der Waals surface area (Å²) in [5.74, 6) is 0.599. The Hall–Kier alpha value is -1.88. The Morgan fingerprint density at radius 2 is 1.92 bits per heavy atom. The molecule has 1 saturated heterocycles. The molecule has 0 radical (unpaired) electrons. The standard InChI is InChI=1S/C21H31N3O2/c1-16(25)24-11-8-21(9-12-24)15-17(18-6-4-5-7-19(18)21)14-20(26)22-10-13-23(2)3/h4-7,17H,8-15H2,1-3H3,(H,22,26). The third-order valence-corrected chi connectivity index (χ3v) is 6.09. The Morgan fingerprint density at radius 3 is 2.58 bits per heavy atom. The van der Waals surface area contributed by atoms with Gasteiger partial charge in [0.1, 0.15) is 0 Å². The Bertz CT molecular complexity index is 663. The Balaban J connectivity index is 1.68. The van der Waals surface area contributed by atoms with Gasteiger partial charge in [-0.3, -0.25) is 9.59 Å². The number of benzene rings is 1. The van der Waals surface area contributed by atoms with Crippen molar-refractivity contribution in [1.82, 2.24) is 15.1 Å². The van der Waals surface area contributed by atoms with Gasteiger partial charge >= 0.3 is 0 Å². The molecular formula is C21H31N3O2. The minimum Gasteiger partial charge on any atom is -0.355 e. The van der Waals surface area contributed by atoms with Crippen LogP contribution in [0.1, 0.15) is 49.7 Å². The van der Waals surface area contributed by atoms with Crippen LogP contribution in [0.3, 0.4) is 0 Å². The summed E-state index contributed by atoms with van der Waals surface area (Å²) in [5, 5.41) is 3.05. The molecule has 26 heavy (non-hydrogen) atoms. The van der Waals surface area contributed by atoms with Gasteiger partial charge in [-0.1, -0.05) is 24.3 Å². The second kappa shape index (κ2) is 7.78. The Morgan fingerprint density at radius 1 is 1.23 bits per heavy atom. The lowest BCUT2D eigenvalue weighted by Crippen LogP contribution is -2.43. The number of hydrogen-bond acceptors (Lipinski definition) is 3. The summed E-state index contributed by atoms with van der Waals surface area (Å²) in [6.45, 7) is 4.86. The Kier molecular flexibility index (Phi) is 5.66. The average Bonchev–Trinajstić information content (AvgIpc) is 2.89. The van der Waals surface area contributed by atoms with Crippen LogP contribution in [0.2, 0.25) is 0 Å². The first-order valence-corrected chi connectivity index (χ1v) is 9.68. The molecule has 0 aromatic heterocycles. The number of nitrogens with one attached hydrogen (secondary N) is 1. The molecule has 5 nitrogen and oxygen atoms in total. The van der Waals surface area contributed by atoms with Crippen molar-refractivity contribution in [3.05, 3.63) is 35.4 Å². The van der Waals surface area contributed by atoms with Crippen LogP contribution in [-0.4, -0.2) is 61.9 Å². The van der Waals surface area contributed by atoms with E-state index in [-0.39, 0.29) is 23.1 Å². The largest absolute Gasteiger partial charge is 0.355 e. The quantitative estimate of drug-likeness (QED) is 0.878. The van der Waals surface area contributed by atoms with Gasteiger partial charge in [-0.15, -0.1) is 0 Å². The van der Waals surface area contributed by atoms with Crippen LogP contribution >= 0.6 is 0 Å². The highest BCUT2D eigenvalue weighted by Crippen LogP contribution is 2.52. The summed E-state index contributed by atoms with van der Waals surface area (Å²) in [5.41, 5.74) is 2.89. The molecular weight excluding hydrogens is 326 g/mol. The molecule has 1 aliphatic carbocycles. The number of piperidine rings is 1. The van der Waals surface area contributed by atoms with Crippen molar-refractivity contribution in [3.63, 3.8) is 0 Å². The lowest BCUT2D eigenvalue weighted by atomic mass is 9.73. The first kappa shape index (κ1) is 18.9. The highest BCUT2D eigenvalue weighted by atomic mass is 16.2. The first-order chi connectivity index (χ1) is 12.4. The van der Waals surface area contributed by atoms with E-state index in [1.165, 1.54) is 11.1 Å². The predicted octanol–water partition coefficient (Wildman–Crippen LogP) is 2.12. The zero-order valence-electron chi connectivity index (χ0n) is 16.3. The molecule has 1 aliphatic heterocycles. The van der Waals surface area contributed by atoms with Crippen LogP contribution in [0.4, 0.5) is 0 Å². The van der Waals surface area contributed by atoms with Crippen molar-refractivity contribution in [1.29, 1.82) is 0 Å². The van der Waals surface area contributed by atoms with Gasteiger partial charge < -0.3 is 15.1 Å². The van der Waals surface area contributed by atoms with Gasteiger partial charge in [0.15, 0.2) is 0 Å². The third-order valence-electron chi connectivity index (χ3n) is 6.09. The topological polar surface area (TPSA) is 52.7 Å². The van der Waals surface area contributed by atoms with E-state index in [1.54, 1.807) is 6.92 Å². The molecule has 1 heterocycles. The van der Waals surface area contributed by atoms with Crippen molar-refractivity contribution in [2.45, 2.75) is 43.9 Å². The fourth-order valence-corrected chi connectivity index (χ4v) is 4.65. The van der Waals surface area contributed by atoms with Crippen LogP contribution in [0.5, 0.6) is 0 Å². The molecule has 142 valence electrons. The summed E-state index contributed by atoms with van der Waals surface area (Å²) in [4.78, 5) is 28.1. The zero-order chi connectivity index (χ0) is 18.7. The van der Waals surface area contributed by atoms with Crippen LogP contribution < -0.4 is 5.32 Å². The summed E-state index contributed by atoms with van der Waals surface area (Å²) < 4.78 is 0. The SMILES string of the molecule is CC(=O)N1CCC2(CC1)CC(CC(=O)NCCN(C)C)c1ccccc12.